The number of hydrogen-bond donors (Lipinski definition) is 0. The average molecular weight is 334 g/mol. The van der Waals surface area contributed by atoms with Gasteiger partial charge in [-0.2, -0.15) is 0 Å². The van der Waals surface area contributed by atoms with Gasteiger partial charge in [0.1, 0.15) is 12.3 Å². The summed E-state index contributed by atoms with van der Waals surface area (Å²) in [5.41, 5.74) is 2.13. The standard InChI is InChI=1S/C21H22N2O2/c1-3-12-23(15-17-7-5-4-6-8-17)21(24)16-22-13-11-18-14-19(25-2)9-10-20(18)22/h3-11,13-14H,1,12,15-16H2,2H3. The Hall–Kier alpha value is -3.01. The number of benzene rings is 2. The Labute approximate surface area is 147 Å². The predicted octanol–water partition coefficient (Wildman–Crippen LogP) is 3.86. The maximum atomic E-state index is 12.8. The second kappa shape index (κ2) is 7.71. The molecule has 3 rings (SSSR count). The van der Waals surface area contributed by atoms with Crippen molar-refractivity contribution >= 4 is 16.8 Å². The van der Waals surface area contributed by atoms with E-state index in [1.807, 2.05) is 70.3 Å². The summed E-state index contributed by atoms with van der Waals surface area (Å²) < 4.78 is 7.22. The normalized spacial score (nSPS) is 10.6. The van der Waals surface area contributed by atoms with Gasteiger partial charge in [-0.3, -0.25) is 4.79 Å². The Morgan fingerprint density at radius 3 is 2.72 bits per heavy atom. The lowest BCUT2D eigenvalue weighted by atomic mass is 10.2. The third-order valence-corrected chi connectivity index (χ3v) is 4.20. The summed E-state index contributed by atoms with van der Waals surface area (Å²) in [7, 11) is 1.65. The molecule has 0 unspecified atom stereocenters. The molecule has 0 aliphatic rings. The van der Waals surface area contributed by atoms with E-state index in [0.717, 1.165) is 22.2 Å². The van der Waals surface area contributed by atoms with Gasteiger partial charge < -0.3 is 14.2 Å². The first-order valence-corrected chi connectivity index (χ1v) is 8.26. The summed E-state index contributed by atoms with van der Waals surface area (Å²) >= 11 is 0. The molecule has 0 radical (unpaired) electrons. The quantitative estimate of drug-likeness (QED) is 0.615. The Kier molecular flexibility index (Phi) is 5.19. The molecule has 128 valence electrons. The van der Waals surface area contributed by atoms with Crippen molar-refractivity contribution in [2.45, 2.75) is 13.1 Å². The molecule has 0 fully saturated rings. The minimum Gasteiger partial charge on any atom is -0.497 e. The summed E-state index contributed by atoms with van der Waals surface area (Å²) in [5.74, 6) is 0.881. The van der Waals surface area contributed by atoms with Crippen LogP contribution in [0.5, 0.6) is 5.75 Å². The Bertz CT molecular complexity index is 868. The number of methoxy groups -OCH3 is 1. The third-order valence-electron chi connectivity index (χ3n) is 4.20. The molecule has 4 heteroatoms. The Morgan fingerprint density at radius 1 is 1.20 bits per heavy atom. The van der Waals surface area contributed by atoms with Crippen LogP contribution in [0.1, 0.15) is 5.56 Å². The van der Waals surface area contributed by atoms with Crippen LogP contribution in [0, 0.1) is 0 Å². The molecule has 0 spiro atoms. The first-order valence-electron chi connectivity index (χ1n) is 8.26. The molecule has 0 N–H and O–H groups in total. The third kappa shape index (κ3) is 3.91. The highest BCUT2D eigenvalue weighted by Crippen LogP contribution is 2.22. The van der Waals surface area contributed by atoms with Crippen LogP contribution in [0.3, 0.4) is 0 Å². The number of carbonyl (C=O) groups is 1. The fourth-order valence-corrected chi connectivity index (χ4v) is 2.90. The van der Waals surface area contributed by atoms with Crippen LogP contribution < -0.4 is 4.74 Å². The summed E-state index contributed by atoms with van der Waals surface area (Å²) in [4.78, 5) is 14.6. The highest BCUT2D eigenvalue weighted by Gasteiger charge is 2.14. The van der Waals surface area contributed by atoms with E-state index in [1.54, 1.807) is 13.2 Å². The van der Waals surface area contributed by atoms with Crippen LogP contribution in [-0.4, -0.2) is 29.0 Å². The second-order valence-corrected chi connectivity index (χ2v) is 5.92. The largest absolute Gasteiger partial charge is 0.497 e. The number of rotatable bonds is 7. The zero-order chi connectivity index (χ0) is 17.6. The maximum absolute atomic E-state index is 12.8. The summed E-state index contributed by atoms with van der Waals surface area (Å²) in [6.45, 7) is 5.19. The number of amides is 1. The van der Waals surface area contributed by atoms with Crippen molar-refractivity contribution in [3.8, 4) is 5.75 Å². The van der Waals surface area contributed by atoms with E-state index in [1.165, 1.54) is 0 Å². The van der Waals surface area contributed by atoms with E-state index in [9.17, 15) is 4.79 Å². The van der Waals surface area contributed by atoms with Gasteiger partial charge in [-0.25, -0.2) is 0 Å². The van der Waals surface area contributed by atoms with Gasteiger partial charge in [-0.05, 0) is 29.8 Å². The fourth-order valence-electron chi connectivity index (χ4n) is 2.90. The van der Waals surface area contributed by atoms with Crippen LogP contribution in [0.25, 0.3) is 10.9 Å². The molecule has 2 aromatic carbocycles. The lowest BCUT2D eigenvalue weighted by Gasteiger charge is -2.22. The number of carbonyl (C=O) groups excluding carboxylic acids is 1. The number of ether oxygens (including phenoxy) is 1. The molecular weight excluding hydrogens is 312 g/mol. The van der Waals surface area contributed by atoms with Gasteiger partial charge in [0.2, 0.25) is 5.91 Å². The van der Waals surface area contributed by atoms with Gasteiger partial charge in [0.05, 0.1) is 7.11 Å². The Morgan fingerprint density at radius 2 is 2.00 bits per heavy atom. The van der Waals surface area contributed by atoms with E-state index in [0.29, 0.717) is 19.6 Å². The minimum atomic E-state index is 0.0667. The van der Waals surface area contributed by atoms with E-state index in [2.05, 4.69) is 6.58 Å². The Balaban J connectivity index is 1.78. The number of fused-ring (bicyclic) bond motifs is 1. The highest BCUT2D eigenvalue weighted by molar-refractivity contribution is 5.84. The van der Waals surface area contributed by atoms with E-state index < -0.39 is 0 Å². The molecule has 1 amide bonds. The molecule has 0 saturated carbocycles. The molecule has 1 aromatic heterocycles. The summed E-state index contributed by atoms with van der Waals surface area (Å²) in [6.07, 6.45) is 3.70. The minimum absolute atomic E-state index is 0.0667. The molecule has 0 aliphatic heterocycles. The van der Waals surface area contributed by atoms with E-state index in [4.69, 9.17) is 4.74 Å². The average Bonchev–Trinajstić information content (AvgIpc) is 3.04. The lowest BCUT2D eigenvalue weighted by molar-refractivity contribution is -0.131. The van der Waals surface area contributed by atoms with Gasteiger partial charge in [0, 0.05) is 30.2 Å². The van der Waals surface area contributed by atoms with Crippen molar-refractivity contribution in [3.63, 3.8) is 0 Å². The van der Waals surface area contributed by atoms with Crippen molar-refractivity contribution in [2.24, 2.45) is 0 Å². The van der Waals surface area contributed by atoms with Crippen molar-refractivity contribution in [2.75, 3.05) is 13.7 Å². The molecule has 4 nitrogen and oxygen atoms in total. The zero-order valence-electron chi connectivity index (χ0n) is 14.4. The van der Waals surface area contributed by atoms with E-state index in [-0.39, 0.29) is 5.91 Å². The van der Waals surface area contributed by atoms with Crippen LogP contribution in [-0.2, 0) is 17.9 Å². The number of nitrogens with zero attached hydrogens (tertiary/aromatic N) is 2. The van der Waals surface area contributed by atoms with Crippen LogP contribution in [0.15, 0.2) is 73.4 Å². The smallest absolute Gasteiger partial charge is 0.243 e. The van der Waals surface area contributed by atoms with Crippen LogP contribution in [0.4, 0.5) is 0 Å². The molecule has 0 saturated heterocycles. The molecule has 3 aromatic rings. The van der Waals surface area contributed by atoms with Crippen molar-refractivity contribution in [1.29, 1.82) is 0 Å². The molecule has 0 bridgehead atoms. The first-order chi connectivity index (χ1) is 12.2. The van der Waals surface area contributed by atoms with Gasteiger partial charge >= 0.3 is 0 Å². The number of aromatic nitrogens is 1. The topological polar surface area (TPSA) is 34.5 Å². The molecule has 25 heavy (non-hydrogen) atoms. The highest BCUT2D eigenvalue weighted by atomic mass is 16.5. The van der Waals surface area contributed by atoms with Crippen molar-refractivity contribution < 1.29 is 9.53 Å². The van der Waals surface area contributed by atoms with Gasteiger partial charge in [0.25, 0.3) is 0 Å². The SMILES string of the molecule is C=CCN(Cc1ccccc1)C(=O)Cn1ccc2cc(OC)ccc21. The monoisotopic (exact) mass is 334 g/mol. The summed E-state index contributed by atoms with van der Waals surface area (Å²) in [6, 6.07) is 17.9. The van der Waals surface area contributed by atoms with Gasteiger partial charge in [-0.1, -0.05) is 36.4 Å². The summed E-state index contributed by atoms with van der Waals surface area (Å²) in [5, 5.41) is 1.06. The van der Waals surface area contributed by atoms with Crippen molar-refractivity contribution in [1.82, 2.24) is 9.47 Å². The lowest BCUT2D eigenvalue weighted by Crippen LogP contribution is -2.33. The van der Waals surface area contributed by atoms with Crippen LogP contribution in [0.2, 0.25) is 0 Å². The fraction of sp³-hybridized carbons (Fsp3) is 0.190. The predicted molar refractivity (Wildman–Crippen MR) is 101 cm³/mol. The molecule has 0 atom stereocenters. The van der Waals surface area contributed by atoms with E-state index >= 15 is 0 Å². The molecule has 1 heterocycles. The van der Waals surface area contributed by atoms with Crippen molar-refractivity contribution in [3.05, 3.63) is 79.0 Å². The van der Waals surface area contributed by atoms with Crippen LogP contribution >= 0.6 is 0 Å². The zero-order valence-corrected chi connectivity index (χ0v) is 14.4. The van der Waals surface area contributed by atoms with Gasteiger partial charge in [0.15, 0.2) is 0 Å². The van der Waals surface area contributed by atoms with Gasteiger partial charge in [-0.15, -0.1) is 6.58 Å². The first kappa shape index (κ1) is 16.8. The molecule has 0 aliphatic carbocycles. The molecular formula is C21H22N2O2. The second-order valence-electron chi connectivity index (χ2n) is 5.92. The maximum Gasteiger partial charge on any atom is 0.243 e. The number of hydrogen-bond acceptors (Lipinski definition) is 2.